The number of para-hydroxylation sites is 1. The van der Waals surface area contributed by atoms with Crippen LogP contribution in [0.2, 0.25) is 0 Å². The Bertz CT molecular complexity index is 774. The van der Waals surface area contributed by atoms with Crippen LogP contribution in [-0.4, -0.2) is 57.1 Å². The molecule has 8 heteroatoms. The van der Waals surface area contributed by atoms with Gasteiger partial charge in [-0.25, -0.2) is 4.39 Å². The monoisotopic (exact) mass is 514 g/mol. The van der Waals surface area contributed by atoms with Crippen LogP contribution in [0.5, 0.6) is 5.75 Å². The quantitative estimate of drug-likeness (QED) is 0.234. The van der Waals surface area contributed by atoms with Gasteiger partial charge in [-0.1, -0.05) is 30.3 Å². The van der Waals surface area contributed by atoms with Gasteiger partial charge in [0.1, 0.15) is 18.2 Å². The second-order valence-corrected chi connectivity index (χ2v) is 6.21. The molecule has 0 atom stereocenters. The molecule has 0 aromatic heterocycles. The molecule has 1 amide bonds. The predicted molar refractivity (Wildman–Crippen MR) is 124 cm³/mol. The normalized spacial score (nSPS) is 10.7. The minimum Gasteiger partial charge on any atom is -0.492 e. The van der Waals surface area contributed by atoms with Gasteiger partial charge >= 0.3 is 0 Å². The SMILES string of the molecule is CN=C(NCCNC(=O)Cc1cccc(F)c1)N(C)CCOc1ccccc1.I. The molecule has 0 aliphatic rings. The molecule has 2 N–H and O–H groups in total. The van der Waals surface area contributed by atoms with Gasteiger partial charge in [0.25, 0.3) is 0 Å². The first kappa shape index (κ1) is 24.7. The van der Waals surface area contributed by atoms with Gasteiger partial charge in [0.05, 0.1) is 13.0 Å². The molecule has 0 heterocycles. The molecule has 0 fully saturated rings. The molecule has 0 saturated heterocycles. The molecule has 0 bridgehead atoms. The van der Waals surface area contributed by atoms with E-state index in [0.29, 0.717) is 31.8 Å². The summed E-state index contributed by atoms with van der Waals surface area (Å²) in [5.41, 5.74) is 0.652. The van der Waals surface area contributed by atoms with Crippen LogP contribution < -0.4 is 15.4 Å². The van der Waals surface area contributed by atoms with Gasteiger partial charge < -0.3 is 20.3 Å². The van der Waals surface area contributed by atoms with Crippen molar-refractivity contribution >= 4 is 35.8 Å². The Kier molecular flexibility index (Phi) is 11.7. The Hall–Kier alpha value is -2.36. The van der Waals surface area contributed by atoms with Crippen LogP contribution in [0, 0.1) is 5.82 Å². The zero-order chi connectivity index (χ0) is 20.2. The second-order valence-electron chi connectivity index (χ2n) is 6.21. The van der Waals surface area contributed by atoms with Crippen LogP contribution in [0.4, 0.5) is 4.39 Å². The Morgan fingerprint density at radius 3 is 2.52 bits per heavy atom. The first-order valence-corrected chi connectivity index (χ1v) is 9.19. The summed E-state index contributed by atoms with van der Waals surface area (Å²) < 4.78 is 18.8. The standard InChI is InChI=1S/C21H27FN4O2.HI/c1-23-21(26(2)13-14-28-19-9-4-3-5-10-19)25-12-11-24-20(27)16-17-7-6-8-18(22)15-17;/h3-10,15H,11-14,16H2,1-2H3,(H,23,25)(H,24,27);1H. The molecule has 2 aromatic rings. The Labute approximate surface area is 188 Å². The van der Waals surface area contributed by atoms with E-state index in [1.807, 2.05) is 42.3 Å². The van der Waals surface area contributed by atoms with Gasteiger partial charge in [-0.05, 0) is 29.8 Å². The fourth-order valence-corrected chi connectivity index (χ4v) is 2.58. The largest absolute Gasteiger partial charge is 0.492 e. The number of carbonyl (C=O) groups excluding carboxylic acids is 1. The van der Waals surface area contributed by atoms with Gasteiger partial charge in [0, 0.05) is 27.2 Å². The molecule has 0 aliphatic carbocycles. The average Bonchev–Trinajstić information content (AvgIpc) is 2.69. The molecule has 158 valence electrons. The molecule has 0 radical (unpaired) electrons. The van der Waals surface area contributed by atoms with Crippen molar-refractivity contribution in [2.24, 2.45) is 4.99 Å². The molecule has 0 saturated carbocycles. The van der Waals surface area contributed by atoms with Crippen LogP contribution in [-0.2, 0) is 11.2 Å². The number of amides is 1. The Balaban J connectivity index is 0.00000420. The van der Waals surface area contributed by atoms with E-state index in [2.05, 4.69) is 15.6 Å². The number of aliphatic imine (C=N–C) groups is 1. The van der Waals surface area contributed by atoms with Crippen LogP contribution in [0.3, 0.4) is 0 Å². The summed E-state index contributed by atoms with van der Waals surface area (Å²) in [6.45, 7) is 2.18. The maximum atomic E-state index is 13.1. The van der Waals surface area contributed by atoms with Crippen molar-refractivity contribution in [1.82, 2.24) is 15.5 Å². The van der Waals surface area contributed by atoms with Crippen LogP contribution in [0.25, 0.3) is 0 Å². The predicted octanol–water partition coefficient (Wildman–Crippen LogP) is 2.69. The first-order valence-electron chi connectivity index (χ1n) is 9.19. The first-order chi connectivity index (χ1) is 13.6. The van der Waals surface area contributed by atoms with Crippen molar-refractivity contribution in [1.29, 1.82) is 0 Å². The van der Waals surface area contributed by atoms with E-state index in [9.17, 15) is 9.18 Å². The molecule has 2 aromatic carbocycles. The highest BCUT2D eigenvalue weighted by molar-refractivity contribution is 14.0. The van der Waals surface area contributed by atoms with Gasteiger partial charge in [-0.3, -0.25) is 9.79 Å². The number of carbonyl (C=O) groups is 1. The van der Waals surface area contributed by atoms with Crippen molar-refractivity contribution in [3.8, 4) is 5.75 Å². The molecular formula is C21H28FIN4O2. The number of guanidine groups is 1. The lowest BCUT2D eigenvalue weighted by Crippen LogP contribution is -2.43. The summed E-state index contributed by atoms with van der Waals surface area (Å²) in [5, 5.41) is 6.00. The summed E-state index contributed by atoms with van der Waals surface area (Å²) in [4.78, 5) is 18.1. The van der Waals surface area contributed by atoms with Crippen molar-refractivity contribution in [2.75, 3.05) is 40.3 Å². The number of benzene rings is 2. The fraction of sp³-hybridized carbons (Fsp3) is 0.333. The molecular weight excluding hydrogens is 486 g/mol. The van der Waals surface area contributed by atoms with Crippen LogP contribution in [0.15, 0.2) is 59.6 Å². The van der Waals surface area contributed by atoms with Gasteiger partial charge in [0.2, 0.25) is 5.91 Å². The van der Waals surface area contributed by atoms with Crippen molar-refractivity contribution in [3.63, 3.8) is 0 Å². The van der Waals surface area contributed by atoms with Gasteiger partial charge in [-0.15, -0.1) is 24.0 Å². The van der Waals surface area contributed by atoms with Gasteiger partial charge in [0.15, 0.2) is 5.96 Å². The number of nitrogens with one attached hydrogen (secondary N) is 2. The third-order valence-corrected chi connectivity index (χ3v) is 4.00. The van der Waals surface area contributed by atoms with Crippen molar-refractivity contribution < 1.29 is 13.9 Å². The van der Waals surface area contributed by atoms with E-state index in [4.69, 9.17) is 4.74 Å². The minimum atomic E-state index is -0.338. The number of ether oxygens (including phenoxy) is 1. The molecule has 29 heavy (non-hydrogen) atoms. The highest BCUT2D eigenvalue weighted by Gasteiger charge is 2.07. The highest BCUT2D eigenvalue weighted by Crippen LogP contribution is 2.07. The average molecular weight is 514 g/mol. The van der Waals surface area contributed by atoms with E-state index in [-0.39, 0.29) is 42.1 Å². The molecule has 2 rings (SSSR count). The maximum Gasteiger partial charge on any atom is 0.224 e. The lowest BCUT2D eigenvalue weighted by Gasteiger charge is -2.22. The second kappa shape index (κ2) is 13.8. The zero-order valence-electron chi connectivity index (χ0n) is 16.7. The molecule has 0 aliphatic heterocycles. The summed E-state index contributed by atoms with van der Waals surface area (Å²) in [6.07, 6.45) is 0.156. The molecule has 6 nitrogen and oxygen atoms in total. The van der Waals surface area contributed by atoms with E-state index in [1.165, 1.54) is 12.1 Å². The number of halogens is 2. The number of rotatable bonds is 9. The molecule has 0 spiro atoms. The van der Waals surface area contributed by atoms with Gasteiger partial charge in [-0.2, -0.15) is 0 Å². The van der Waals surface area contributed by atoms with E-state index in [0.717, 1.165) is 11.7 Å². The minimum absolute atomic E-state index is 0. The van der Waals surface area contributed by atoms with Crippen molar-refractivity contribution in [2.45, 2.75) is 6.42 Å². The summed E-state index contributed by atoms with van der Waals surface area (Å²) >= 11 is 0. The lowest BCUT2D eigenvalue weighted by atomic mass is 10.1. The third kappa shape index (κ3) is 9.60. The van der Waals surface area contributed by atoms with Crippen LogP contribution >= 0.6 is 24.0 Å². The third-order valence-electron chi connectivity index (χ3n) is 4.00. The fourth-order valence-electron chi connectivity index (χ4n) is 2.58. The van der Waals surface area contributed by atoms with E-state index in [1.54, 1.807) is 19.2 Å². The van der Waals surface area contributed by atoms with E-state index < -0.39 is 0 Å². The lowest BCUT2D eigenvalue weighted by molar-refractivity contribution is -0.120. The summed E-state index contributed by atoms with van der Waals surface area (Å²) in [6, 6.07) is 15.7. The number of likely N-dealkylation sites (N-methyl/N-ethyl adjacent to an activating group) is 1. The topological polar surface area (TPSA) is 66.0 Å². The smallest absolute Gasteiger partial charge is 0.224 e. The number of nitrogens with zero attached hydrogens (tertiary/aromatic N) is 2. The Morgan fingerprint density at radius 2 is 1.83 bits per heavy atom. The summed E-state index contributed by atoms with van der Waals surface area (Å²) in [5.74, 6) is 1.07. The van der Waals surface area contributed by atoms with E-state index >= 15 is 0 Å². The summed E-state index contributed by atoms with van der Waals surface area (Å²) in [7, 11) is 3.63. The zero-order valence-corrected chi connectivity index (χ0v) is 19.1. The van der Waals surface area contributed by atoms with Crippen LogP contribution in [0.1, 0.15) is 5.56 Å². The van der Waals surface area contributed by atoms with Crippen molar-refractivity contribution in [3.05, 3.63) is 66.0 Å². The number of hydrogen-bond acceptors (Lipinski definition) is 3. The highest BCUT2D eigenvalue weighted by atomic mass is 127. The Morgan fingerprint density at radius 1 is 1.10 bits per heavy atom. The molecule has 0 unspecified atom stereocenters. The number of hydrogen-bond donors (Lipinski definition) is 2. The maximum absolute atomic E-state index is 13.1.